The first-order valence-corrected chi connectivity index (χ1v) is 9.99. The highest BCUT2D eigenvalue weighted by atomic mass is 16.5. The molecule has 0 saturated heterocycles. The molecule has 0 atom stereocenters. The molecule has 6 heteroatoms. The van der Waals surface area contributed by atoms with Gasteiger partial charge in [0.15, 0.2) is 0 Å². The van der Waals surface area contributed by atoms with E-state index in [9.17, 15) is 9.59 Å². The van der Waals surface area contributed by atoms with E-state index < -0.39 is 0 Å². The predicted molar refractivity (Wildman–Crippen MR) is 116 cm³/mol. The normalized spacial score (nSPS) is 13.2. The Morgan fingerprint density at radius 2 is 1.72 bits per heavy atom. The van der Waals surface area contributed by atoms with E-state index >= 15 is 0 Å². The summed E-state index contributed by atoms with van der Waals surface area (Å²) in [5.41, 5.74) is 4.13. The van der Waals surface area contributed by atoms with Crippen molar-refractivity contribution in [1.82, 2.24) is 5.32 Å². The summed E-state index contributed by atoms with van der Waals surface area (Å²) in [5, 5.41) is 5.76. The van der Waals surface area contributed by atoms with Crippen LogP contribution >= 0.6 is 0 Å². The molecule has 0 fully saturated rings. The molecule has 0 radical (unpaired) electrons. The summed E-state index contributed by atoms with van der Waals surface area (Å²) in [5.74, 6) is -0.126. The molecule has 0 spiro atoms. The van der Waals surface area contributed by atoms with Crippen molar-refractivity contribution < 1.29 is 14.3 Å². The van der Waals surface area contributed by atoms with Crippen LogP contribution in [0, 0.1) is 0 Å². The average Bonchev–Trinajstić information content (AvgIpc) is 2.81. The molecule has 2 aromatic carbocycles. The molecule has 0 aromatic heterocycles. The average molecular weight is 396 g/mol. The monoisotopic (exact) mass is 395 g/mol. The molecule has 2 N–H and O–H groups in total. The first kappa shape index (κ1) is 20.9. The van der Waals surface area contributed by atoms with Crippen LogP contribution in [-0.2, 0) is 22.4 Å². The molecule has 1 aliphatic heterocycles. The summed E-state index contributed by atoms with van der Waals surface area (Å²) in [4.78, 5) is 27.1. The first-order chi connectivity index (χ1) is 13.8. The molecule has 0 aliphatic carbocycles. The van der Waals surface area contributed by atoms with Crippen LogP contribution in [0.25, 0.3) is 0 Å². The molecular formula is C23H29N3O3. The number of carbonyl (C=O) groups is 2. The predicted octanol–water partition coefficient (Wildman–Crippen LogP) is 4.41. The number of aryl methyl sites for hydroxylation is 2. The van der Waals surface area contributed by atoms with Gasteiger partial charge < -0.3 is 15.4 Å². The first-order valence-electron chi connectivity index (χ1n) is 9.99. The number of benzene rings is 2. The second-order valence-corrected chi connectivity index (χ2v) is 8.17. The van der Waals surface area contributed by atoms with Crippen LogP contribution in [0.5, 0.6) is 0 Å². The quantitative estimate of drug-likeness (QED) is 0.806. The number of urea groups is 1. The molecule has 3 amide bonds. The van der Waals surface area contributed by atoms with E-state index in [1.165, 1.54) is 0 Å². The van der Waals surface area contributed by atoms with E-state index in [1.54, 1.807) is 4.90 Å². The van der Waals surface area contributed by atoms with Gasteiger partial charge in [0.25, 0.3) is 5.91 Å². The van der Waals surface area contributed by atoms with Crippen LogP contribution in [-0.4, -0.2) is 30.7 Å². The topological polar surface area (TPSA) is 70.7 Å². The van der Waals surface area contributed by atoms with Crippen molar-refractivity contribution in [1.29, 1.82) is 0 Å². The Morgan fingerprint density at radius 3 is 2.41 bits per heavy atom. The van der Waals surface area contributed by atoms with Crippen molar-refractivity contribution in [3.05, 3.63) is 53.6 Å². The fourth-order valence-corrected chi connectivity index (χ4v) is 3.43. The lowest BCUT2D eigenvalue weighted by Gasteiger charge is -2.26. The summed E-state index contributed by atoms with van der Waals surface area (Å²) < 4.78 is 5.40. The molecule has 0 saturated carbocycles. The number of hydrogen-bond donors (Lipinski definition) is 2. The van der Waals surface area contributed by atoms with E-state index in [-0.39, 0.29) is 24.1 Å². The molecule has 1 heterocycles. The molecule has 1 aliphatic rings. The second-order valence-electron chi connectivity index (χ2n) is 8.17. The minimum atomic E-state index is -0.339. The zero-order valence-electron chi connectivity index (χ0n) is 17.5. The molecule has 0 bridgehead atoms. The second kappa shape index (κ2) is 8.66. The fraction of sp³-hybridized carbons (Fsp3) is 0.391. The molecule has 3 rings (SSSR count). The molecule has 29 heavy (non-hydrogen) atoms. The standard InChI is InChI=1S/C23H29N3O3/c1-5-29-15-21(27)26-19-9-7-6-8-16(19)10-11-17-12-13-18(14-20(17)26)24-22(28)25-23(2,3)4/h6-9,12-14H,5,10-11,15H2,1-4H3,(H2,24,25,28). The van der Waals surface area contributed by atoms with Gasteiger partial charge in [0.05, 0.1) is 11.4 Å². The minimum Gasteiger partial charge on any atom is -0.372 e. The number of ether oxygens (including phenoxy) is 1. The van der Waals surface area contributed by atoms with Gasteiger partial charge in [-0.05, 0) is 69.9 Å². The van der Waals surface area contributed by atoms with Gasteiger partial charge in [-0.1, -0.05) is 24.3 Å². The molecule has 154 valence electrons. The Morgan fingerprint density at radius 1 is 1.03 bits per heavy atom. The molecule has 2 aromatic rings. The maximum absolute atomic E-state index is 13.1. The molecular weight excluding hydrogens is 366 g/mol. The van der Waals surface area contributed by atoms with Gasteiger partial charge in [-0.15, -0.1) is 0 Å². The van der Waals surface area contributed by atoms with E-state index in [2.05, 4.69) is 16.7 Å². The Kier molecular flexibility index (Phi) is 6.23. The summed E-state index contributed by atoms with van der Waals surface area (Å²) in [6.45, 7) is 8.13. The number of hydrogen-bond acceptors (Lipinski definition) is 3. The van der Waals surface area contributed by atoms with Crippen LogP contribution in [0.1, 0.15) is 38.8 Å². The van der Waals surface area contributed by atoms with Gasteiger partial charge in [0.1, 0.15) is 6.61 Å². The summed E-state index contributed by atoms with van der Waals surface area (Å²) in [6.07, 6.45) is 1.66. The van der Waals surface area contributed by atoms with E-state index in [0.717, 1.165) is 35.3 Å². The molecule has 6 nitrogen and oxygen atoms in total. The van der Waals surface area contributed by atoms with Gasteiger partial charge in [0.2, 0.25) is 0 Å². The lowest BCUT2D eigenvalue weighted by atomic mass is 10.0. The van der Waals surface area contributed by atoms with Crippen molar-refractivity contribution >= 4 is 29.0 Å². The van der Waals surface area contributed by atoms with E-state index in [4.69, 9.17) is 4.74 Å². The zero-order chi connectivity index (χ0) is 21.0. The number of para-hydroxylation sites is 1. The van der Waals surface area contributed by atoms with Crippen LogP contribution in [0.4, 0.5) is 21.9 Å². The van der Waals surface area contributed by atoms with Crippen molar-refractivity contribution in [3.63, 3.8) is 0 Å². The van der Waals surface area contributed by atoms with Crippen molar-refractivity contribution in [3.8, 4) is 0 Å². The summed E-state index contributed by atoms with van der Waals surface area (Å²) in [6, 6.07) is 13.4. The highest BCUT2D eigenvalue weighted by Crippen LogP contribution is 2.37. The number of anilines is 3. The number of amides is 3. The lowest BCUT2D eigenvalue weighted by Crippen LogP contribution is -2.43. The smallest absolute Gasteiger partial charge is 0.319 e. The van der Waals surface area contributed by atoms with Crippen LogP contribution in [0.2, 0.25) is 0 Å². The number of rotatable bonds is 4. The third kappa shape index (κ3) is 5.15. The van der Waals surface area contributed by atoms with Crippen molar-refractivity contribution in [2.45, 2.75) is 46.1 Å². The molecule has 0 unspecified atom stereocenters. The van der Waals surface area contributed by atoms with Crippen molar-refractivity contribution in [2.75, 3.05) is 23.4 Å². The number of carbonyl (C=O) groups excluding carboxylic acids is 2. The number of nitrogens with zero attached hydrogens (tertiary/aromatic N) is 1. The summed E-state index contributed by atoms with van der Waals surface area (Å²) >= 11 is 0. The Bertz CT molecular complexity index is 902. The Labute approximate surface area is 172 Å². The maximum Gasteiger partial charge on any atom is 0.319 e. The third-order valence-electron chi connectivity index (χ3n) is 4.65. The van der Waals surface area contributed by atoms with E-state index in [1.807, 2.05) is 64.1 Å². The summed E-state index contributed by atoms with van der Waals surface area (Å²) in [7, 11) is 0. The number of fused-ring (bicyclic) bond motifs is 2. The maximum atomic E-state index is 13.1. The lowest BCUT2D eigenvalue weighted by molar-refractivity contribution is -0.122. The highest BCUT2D eigenvalue weighted by molar-refractivity contribution is 6.04. The van der Waals surface area contributed by atoms with Crippen LogP contribution in [0.3, 0.4) is 0 Å². The largest absolute Gasteiger partial charge is 0.372 e. The Hall–Kier alpha value is -2.86. The minimum absolute atomic E-state index is 0.00639. The van der Waals surface area contributed by atoms with Crippen molar-refractivity contribution in [2.24, 2.45) is 0 Å². The van der Waals surface area contributed by atoms with Gasteiger partial charge >= 0.3 is 6.03 Å². The van der Waals surface area contributed by atoms with Gasteiger partial charge in [-0.25, -0.2) is 4.79 Å². The van der Waals surface area contributed by atoms with E-state index in [0.29, 0.717) is 12.3 Å². The van der Waals surface area contributed by atoms with Gasteiger partial charge in [-0.2, -0.15) is 0 Å². The van der Waals surface area contributed by atoms with Crippen LogP contribution < -0.4 is 15.5 Å². The van der Waals surface area contributed by atoms with Gasteiger partial charge in [-0.3, -0.25) is 9.69 Å². The number of nitrogens with one attached hydrogen (secondary N) is 2. The highest BCUT2D eigenvalue weighted by Gasteiger charge is 2.26. The third-order valence-corrected chi connectivity index (χ3v) is 4.65. The Balaban J connectivity index is 1.98. The fourth-order valence-electron chi connectivity index (χ4n) is 3.43. The zero-order valence-corrected chi connectivity index (χ0v) is 17.5. The SMILES string of the molecule is CCOCC(=O)N1c2ccccc2CCc2ccc(NC(=O)NC(C)(C)C)cc21. The van der Waals surface area contributed by atoms with Gasteiger partial charge in [0, 0.05) is 17.8 Å². The van der Waals surface area contributed by atoms with Crippen LogP contribution in [0.15, 0.2) is 42.5 Å².